The van der Waals surface area contributed by atoms with Crippen molar-refractivity contribution in [2.24, 2.45) is 0 Å². The van der Waals surface area contributed by atoms with Crippen molar-refractivity contribution in [1.82, 2.24) is 0 Å². The average Bonchev–Trinajstić information content (AvgIpc) is 2.56. The summed E-state index contributed by atoms with van der Waals surface area (Å²) in [6, 6.07) is 8.32. The monoisotopic (exact) mass is 304 g/mol. The highest BCUT2D eigenvalue weighted by Crippen LogP contribution is 2.36. The fourth-order valence-electron chi connectivity index (χ4n) is 2.98. The topological polar surface area (TPSA) is 35.5 Å². The quantitative estimate of drug-likeness (QED) is 0.705. The van der Waals surface area contributed by atoms with Crippen molar-refractivity contribution in [2.75, 3.05) is 0 Å². The predicted octanol–water partition coefficient (Wildman–Crippen LogP) is 4.84. The lowest BCUT2D eigenvalue weighted by atomic mass is 9.81. The van der Waals surface area contributed by atoms with Gasteiger partial charge in [-0.1, -0.05) is 32.4 Å². The molecule has 1 aliphatic rings. The van der Waals surface area contributed by atoms with Crippen LogP contribution in [0.4, 0.5) is 0 Å². The minimum Gasteiger partial charge on any atom is -0.491 e. The van der Waals surface area contributed by atoms with Crippen molar-refractivity contribution in [3.8, 4) is 5.75 Å². The minimum atomic E-state index is -0.0892. The number of hydrogen-bond acceptors (Lipinski definition) is 3. The second kappa shape index (κ2) is 8.21. The molecule has 3 atom stereocenters. The predicted molar refractivity (Wildman–Crippen MR) is 88.2 cm³/mol. The summed E-state index contributed by atoms with van der Waals surface area (Å²) < 4.78 is 11.5. The van der Waals surface area contributed by atoms with E-state index >= 15 is 0 Å². The third-order valence-corrected chi connectivity index (χ3v) is 4.49. The van der Waals surface area contributed by atoms with Gasteiger partial charge in [0, 0.05) is 12.3 Å². The molecule has 1 aliphatic carbocycles. The van der Waals surface area contributed by atoms with Crippen LogP contribution in [0, 0.1) is 0 Å². The summed E-state index contributed by atoms with van der Waals surface area (Å²) in [6.07, 6.45) is 6.13. The second-order valence-electron chi connectivity index (χ2n) is 6.18. The van der Waals surface area contributed by atoms with Gasteiger partial charge in [-0.15, -0.1) is 0 Å². The van der Waals surface area contributed by atoms with Crippen molar-refractivity contribution in [2.45, 2.75) is 77.4 Å². The summed E-state index contributed by atoms with van der Waals surface area (Å²) in [5, 5.41) is 0. The van der Waals surface area contributed by atoms with Gasteiger partial charge in [-0.2, -0.15) is 0 Å². The van der Waals surface area contributed by atoms with Crippen LogP contribution in [-0.2, 0) is 9.53 Å². The van der Waals surface area contributed by atoms with Gasteiger partial charge in [0.2, 0.25) is 0 Å². The molecule has 22 heavy (non-hydrogen) atoms. The zero-order valence-corrected chi connectivity index (χ0v) is 14.0. The molecule has 0 aliphatic heterocycles. The van der Waals surface area contributed by atoms with Crippen molar-refractivity contribution in [3.05, 3.63) is 29.8 Å². The molecule has 0 spiro atoms. The van der Waals surface area contributed by atoms with Crippen LogP contribution >= 0.6 is 0 Å². The van der Waals surface area contributed by atoms with Crippen molar-refractivity contribution in [1.29, 1.82) is 0 Å². The molecule has 3 heteroatoms. The number of hydrogen-bond donors (Lipinski definition) is 0. The van der Waals surface area contributed by atoms with Crippen LogP contribution < -0.4 is 4.74 Å². The van der Waals surface area contributed by atoms with Gasteiger partial charge >= 0.3 is 5.97 Å². The van der Waals surface area contributed by atoms with E-state index in [0.29, 0.717) is 12.3 Å². The van der Waals surface area contributed by atoms with Crippen molar-refractivity contribution < 1.29 is 14.3 Å². The molecule has 1 saturated carbocycles. The third-order valence-electron chi connectivity index (χ3n) is 4.49. The van der Waals surface area contributed by atoms with E-state index in [2.05, 4.69) is 26.0 Å². The first-order chi connectivity index (χ1) is 10.6. The largest absolute Gasteiger partial charge is 0.491 e. The molecular weight excluding hydrogens is 276 g/mol. The molecular formula is C19H28O3. The smallest absolute Gasteiger partial charge is 0.305 e. The Morgan fingerprint density at radius 3 is 2.50 bits per heavy atom. The van der Waals surface area contributed by atoms with Gasteiger partial charge < -0.3 is 9.47 Å². The van der Waals surface area contributed by atoms with Gasteiger partial charge in [0.25, 0.3) is 0 Å². The Kier molecular flexibility index (Phi) is 6.29. The Bertz CT molecular complexity index is 466. The molecule has 0 saturated heterocycles. The van der Waals surface area contributed by atoms with E-state index in [1.54, 1.807) is 0 Å². The summed E-state index contributed by atoms with van der Waals surface area (Å²) >= 11 is 0. The summed E-state index contributed by atoms with van der Waals surface area (Å²) in [7, 11) is 0. The first-order valence-electron chi connectivity index (χ1n) is 8.60. The lowest BCUT2D eigenvalue weighted by Gasteiger charge is -2.31. The SMILES string of the molecule is CCC(=O)OC1CCCCC1c1ccc(OC(C)CC)cc1. The van der Waals surface area contributed by atoms with Crippen LogP contribution in [0.2, 0.25) is 0 Å². The van der Waals surface area contributed by atoms with Crippen LogP contribution in [-0.4, -0.2) is 18.2 Å². The summed E-state index contributed by atoms with van der Waals surface area (Å²) in [4.78, 5) is 11.6. The zero-order valence-electron chi connectivity index (χ0n) is 14.0. The lowest BCUT2D eigenvalue weighted by Crippen LogP contribution is -2.28. The van der Waals surface area contributed by atoms with E-state index in [0.717, 1.165) is 31.4 Å². The Balaban J connectivity index is 2.05. The number of carbonyl (C=O) groups excluding carboxylic acids is 1. The Morgan fingerprint density at radius 1 is 1.18 bits per heavy atom. The maximum Gasteiger partial charge on any atom is 0.305 e. The van der Waals surface area contributed by atoms with Crippen LogP contribution in [0.1, 0.15) is 70.8 Å². The summed E-state index contributed by atoms with van der Waals surface area (Å²) in [6.45, 7) is 6.05. The highest BCUT2D eigenvalue weighted by atomic mass is 16.5. The van der Waals surface area contributed by atoms with E-state index in [1.165, 1.54) is 12.0 Å². The molecule has 1 aromatic rings. The Hall–Kier alpha value is -1.51. The molecule has 0 bridgehead atoms. The van der Waals surface area contributed by atoms with Crippen molar-refractivity contribution >= 4 is 5.97 Å². The fraction of sp³-hybridized carbons (Fsp3) is 0.632. The molecule has 0 heterocycles. The first kappa shape index (κ1) is 16.9. The highest BCUT2D eigenvalue weighted by Gasteiger charge is 2.29. The van der Waals surface area contributed by atoms with Gasteiger partial charge in [-0.3, -0.25) is 4.79 Å². The summed E-state index contributed by atoms with van der Waals surface area (Å²) in [5.74, 6) is 1.14. The molecule has 0 radical (unpaired) electrons. The minimum absolute atomic E-state index is 0.0301. The van der Waals surface area contributed by atoms with Gasteiger partial charge in [0.1, 0.15) is 11.9 Å². The zero-order chi connectivity index (χ0) is 15.9. The molecule has 0 amide bonds. The normalized spacial score (nSPS) is 22.9. The van der Waals surface area contributed by atoms with E-state index in [1.807, 2.05) is 19.1 Å². The van der Waals surface area contributed by atoms with Crippen LogP contribution in [0.3, 0.4) is 0 Å². The molecule has 0 N–H and O–H groups in total. The van der Waals surface area contributed by atoms with E-state index < -0.39 is 0 Å². The number of carbonyl (C=O) groups is 1. The number of ether oxygens (including phenoxy) is 2. The maximum absolute atomic E-state index is 11.6. The summed E-state index contributed by atoms with van der Waals surface area (Å²) in [5.41, 5.74) is 1.25. The second-order valence-corrected chi connectivity index (χ2v) is 6.18. The van der Waals surface area contributed by atoms with E-state index in [-0.39, 0.29) is 18.2 Å². The van der Waals surface area contributed by atoms with E-state index in [9.17, 15) is 4.79 Å². The molecule has 3 unspecified atom stereocenters. The molecule has 2 rings (SSSR count). The Labute approximate surface area is 134 Å². The fourth-order valence-corrected chi connectivity index (χ4v) is 2.98. The van der Waals surface area contributed by atoms with Gasteiger partial charge in [-0.25, -0.2) is 0 Å². The Morgan fingerprint density at radius 2 is 1.86 bits per heavy atom. The van der Waals surface area contributed by atoms with Crippen LogP contribution in [0.15, 0.2) is 24.3 Å². The molecule has 0 aromatic heterocycles. The first-order valence-corrected chi connectivity index (χ1v) is 8.60. The molecule has 3 nitrogen and oxygen atoms in total. The standard InChI is InChI=1S/C19H28O3/c1-4-14(3)21-16-12-10-15(11-13-16)17-8-6-7-9-18(17)22-19(20)5-2/h10-14,17-18H,4-9H2,1-3H3. The third kappa shape index (κ3) is 4.49. The number of esters is 1. The average molecular weight is 304 g/mol. The van der Waals surface area contributed by atoms with Gasteiger partial charge in [0.15, 0.2) is 0 Å². The van der Waals surface area contributed by atoms with Gasteiger partial charge in [0.05, 0.1) is 6.10 Å². The maximum atomic E-state index is 11.6. The number of rotatable bonds is 6. The highest BCUT2D eigenvalue weighted by molar-refractivity contribution is 5.69. The van der Waals surface area contributed by atoms with Crippen LogP contribution in [0.25, 0.3) is 0 Å². The van der Waals surface area contributed by atoms with Gasteiger partial charge in [-0.05, 0) is 50.3 Å². The van der Waals surface area contributed by atoms with Crippen LogP contribution in [0.5, 0.6) is 5.75 Å². The number of benzene rings is 1. The van der Waals surface area contributed by atoms with Crippen molar-refractivity contribution in [3.63, 3.8) is 0 Å². The molecule has 122 valence electrons. The molecule has 1 aromatic carbocycles. The van der Waals surface area contributed by atoms with E-state index in [4.69, 9.17) is 9.47 Å². The molecule has 1 fully saturated rings. The lowest BCUT2D eigenvalue weighted by molar-refractivity contribution is -0.151.